The van der Waals surface area contributed by atoms with Gasteiger partial charge in [0.2, 0.25) is 15.9 Å². The van der Waals surface area contributed by atoms with E-state index in [1.807, 2.05) is 13.8 Å². The van der Waals surface area contributed by atoms with Crippen LogP contribution in [0.3, 0.4) is 0 Å². The Morgan fingerprint density at radius 2 is 1.76 bits per heavy atom. The molecule has 7 heteroatoms. The van der Waals surface area contributed by atoms with Gasteiger partial charge in [-0.3, -0.25) is 4.79 Å². The average Bonchev–Trinajstić information content (AvgIpc) is 2.36. The van der Waals surface area contributed by atoms with Gasteiger partial charge < -0.3 is 11.1 Å². The Morgan fingerprint density at radius 1 is 1.24 bits per heavy atom. The van der Waals surface area contributed by atoms with E-state index in [0.29, 0.717) is 18.5 Å². The lowest BCUT2D eigenvalue weighted by Crippen LogP contribution is -2.33. The van der Waals surface area contributed by atoms with Gasteiger partial charge in [-0.05, 0) is 44.5 Å². The number of amides is 1. The third-order valence-corrected chi connectivity index (χ3v) is 4.74. The van der Waals surface area contributed by atoms with Crippen LogP contribution in [0.5, 0.6) is 0 Å². The highest BCUT2D eigenvalue weighted by atomic mass is 32.2. The number of nitrogens with one attached hydrogen (secondary N) is 1. The Bertz CT molecular complexity index is 587. The van der Waals surface area contributed by atoms with Gasteiger partial charge in [0.15, 0.2) is 0 Å². The van der Waals surface area contributed by atoms with E-state index in [-0.39, 0.29) is 16.3 Å². The first-order valence-corrected chi connectivity index (χ1v) is 8.08. The van der Waals surface area contributed by atoms with E-state index < -0.39 is 10.0 Å². The fourth-order valence-electron chi connectivity index (χ4n) is 1.58. The van der Waals surface area contributed by atoms with Gasteiger partial charge in [0.1, 0.15) is 0 Å². The maximum absolute atomic E-state index is 11.9. The molecule has 0 saturated carbocycles. The summed E-state index contributed by atoms with van der Waals surface area (Å²) in [5.74, 6) is -0.142. The fourth-order valence-corrected chi connectivity index (χ4v) is 2.48. The lowest BCUT2D eigenvalue weighted by molar-refractivity contribution is -0.116. The molecule has 1 aromatic rings. The number of nitrogens with zero attached hydrogens (tertiary/aromatic N) is 1. The highest BCUT2D eigenvalue weighted by molar-refractivity contribution is 7.89. The normalized spacial score (nSPS) is 12.5. The van der Waals surface area contributed by atoms with Crippen LogP contribution in [0.15, 0.2) is 29.2 Å². The zero-order chi connectivity index (χ0) is 16.3. The molecule has 0 saturated heterocycles. The summed E-state index contributed by atoms with van der Waals surface area (Å²) in [6.45, 7) is 3.72. The number of anilines is 1. The fraction of sp³-hybridized carbons (Fsp3) is 0.500. The summed E-state index contributed by atoms with van der Waals surface area (Å²) in [6, 6.07) is 6.08. The van der Waals surface area contributed by atoms with Gasteiger partial charge in [0, 0.05) is 31.7 Å². The van der Waals surface area contributed by atoms with Crippen molar-refractivity contribution in [2.45, 2.75) is 37.1 Å². The molecular formula is C14H23N3O3S. The summed E-state index contributed by atoms with van der Waals surface area (Å²) >= 11 is 0. The van der Waals surface area contributed by atoms with E-state index in [2.05, 4.69) is 5.32 Å². The van der Waals surface area contributed by atoms with Crippen LogP contribution < -0.4 is 11.1 Å². The predicted molar refractivity (Wildman–Crippen MR) is 83.4 cm³/mol. The number of rotatable bonds is 6. The first-order valence-electron chi connectivity index (χ1n) is 6.64. The molecule has 0 bridgehead atoms. The largest absolute Gasteiger partial charge is 0.326 e. The van der Waals surface area contributed by atoms with Gasteiger partial charge in [-0.1, -0.05) is 0 Å². The van der Waals surface area contributed by atoms with Crippen LogP contribution >= 0.6 is 0 Å². The average molecular weight is 313 g/mol. The van der Waals surface area contributed by atoms with E-state index >= 15 is 0 Å². The third kappa shape index (κ3) is 5.45. The quantitative estimate of drug-likeness (QED) is 0.830. The first-order chi connectivity index (χ1) is 9.52. The Kier molecular flexibility index (Phi) is 5.49. The second kappa shape index (κ2) is 6.55. The summed E-state index contributed by atoms with van der Waals surface area (Å²) in [5.41, 5.74) is 6.00. The minimum atomic E-state index is -3.45. The molecule has 1 amide bonds. The van der Waals surface area contributed by atoms with E-state index in [0.717, 1.165) is 4.31 Å². The Balaban J connectivity index is 2.70. The highest BCUT2D eigenvalue weighted by Crippen LogP contribution is 2.17. The monoisotopic (exact) mass is 313 g/mol. The second-order valence-electron chi connectivity index (χ2n) is 5.85. The molecule has 6 nitrogen and oxygen atoms in total. The molecule has 1 rings (SSSR count). The van der Waals surface area contributed by atoms with Crippen molar-refractivity contribution in [3.8, 4) is 0 Å². The lowest BCUT2D eigenvalue weighted by Gasteiger charge is -2.17. The van der Waals surface area contributed by atoms with Gasteiger partial charge >= 0.3 is 0 Å². The number of carbonyl (C=O) groups is 1. The van der Waals surface area contributed by atoms with Crippen molar-refractivity contribution in [2.24, 2.45) is 5.73 Å². The second-order valence-corrected chi connectivity index (χ2v) is 8.00. The molecule has 0 spiro atoms. The van der Waals surface area contributed by atoms with Crippen molar-refractivity contribution in [2.75, 3.05) is 19.4 Å². The van der Waals surface area contributed by atoms with Crippen molar-refractivity contribution in [3.63, 3.8) is 0 Å². The van der Waals surface area contributed by atoms with Crippen LogP contribution in [0, 0.1) is 0 Å². The topological polar surface area (TPSA) is 92.5 Å². The molecule has 0 aliphatic rings. The highest BCUT2D eigenvalue weighted by Gasteiger charge is 2.17. The van der Waals surface area contributed by atoms with Gasteiger partial charge in [-0.25, -0.2) is 12.7 Å². The van der Waals surface area contributed by atoms with Crippen molar-refractivity contribution in [3.05, 3.63) is 24.3 Å². The van der Waals surface area contributed by atoms with E-state index in [1.165, 1.54) is 26.2 Å². The van der Waals surface area contributed by atoms with Gasteiger partial charge in [-0.2, -0.15) is 0 Å². The molecule has 0 aliphatic heterocycles. The number of benzene rings is 1. The van der Waals surface area contributed by atoms with Crippen LogP contribution in [0.25, 0.3) is 0 Å². The summed E-state index contributed by atoms with van der Waals surface area (Å²) in [4.78, 5) is 11.9. The van der Waals surface area contributed by atoms with Gasteiger partial charge in [-0.15, -0.1) is 0 Å². The Labute approximate surface area is 126 Å². The van der Waals surface area contributed by atoms with Crippen LogP contribution in [0.1, 0.15) is 26.7 Å². The third-order valence-electron chi connectivity index (χ3n) is 2.91. The predicted octanol–water partition coefficient (Wildman–Crippen LogP) is 1.39. The van der Waals surface area contributed by atoms with Crippen LogP contribution in [0.4, 0.5) is 5.69 Å². The van der Waals surface area contributed by atoms with Crippen molar-refractivity contribution in [1.82, 2.24) is 4.31 Å². The molecule has 0 unspecified atom stereocenters. The molecule has 0 radical (unpaired) electrons. The van der Waals surface area contributed by atoms with Crippen molar-refractivity contribution >= 4 is 21.6 Å². The number of sulfonamides is 1. The zero-order valence-corrected chi connectivity index (χ0v) is 13.7. The summed E-state index contributed by atoms with van der Waals surface area (Å²) in [7, 11) is -0.504. The molecular weight excluding hydrogens is 290 g/mol. The number of hydrogen-bond acceptors (Lipinski definition) is 4. The smallest absolute Gasteiger partial charge is 0.242 e. The molecule has 118 valence electrons. The van der Waals surface area contributed by atoms with Crippen molar-refractivity contribution < 1.29 is 13.2 Å². The van der Waals surface area contributed by atoms with Gasteiger partial charge in [0.25, 0.3) is 0 Å². The Hall–Kier alpha value is -1.44. The van der Waals surface area contributed by atoms with Crippen LogP contribution in [-0.4, -0.2) is 38.3 Å². The van der Waals surface area contributed by atoms with E-state index in [9.17, 15) is 13.2 Å². The molecule has 0 aliphatic carbocycles. The van der Waals surface area contributed by atoms with E-state index in [4.69, 9.17) is 5.73 Å². The molecule has 1 aromatic carbocycles. The van der Waals surface area contributed by atoms with Crippen LogP contribution in [-0.2, 0) is 14.8 Å². The summed E-state index contributed by atoms with van der Waals surface area (Å²) < 4.78 is 24.9. The Morgan fingerprint density at radius 3 is 2.19 bits per heavy atom. The molecule has 0 heterocycles. The standard InChI is InChI=1S/C14H23N3O3S/c1-14(2,15)10-9-13(18)16-11-5-7-12(8-6-11)21(19,20)17(3)4/h5-8H,9-10,15H2,1-4H3,(H,16,18). The molecule has 0 aromatic heterocycles. The SMILES string of the molecule is CN(C)S(=O)(=O)c1ccc(NC(=O)CCC(C)(C)N)cc1. The zero-order valence-electron chi connectivity index (χ0n) is 12.9. The number of hydrogen-bond donors (Lipinski definition) is 2. The number of nitrogens with two attached hydrogens (primary N) is 1. The maximum atomic E-state index is 11.9. The van der Waals surface area contributed by atoms with Gasteiger partial charge in [0.05, 0.1) is 4.90 Å². The minimum absolute atomic E-state index is 0.142. The molecule has 21 heavy (non-hydrogen) atoms. The summed E-state index contributed by atoms with van der Waals surface area (Å²) in [6.07, 6.45) is 0.896. The first kappa shape index (κ1) is 17.6. The molecule has 3 N–H and O–H groups in total. The summed E-state index contributed by atoms with van der Waals surface area (Å²) in [5, 5.41) is 2.72. The molecule has 0 fully saturated rings. The maximum Gasteiger partial charge on any atom is 0.242 e. The number of carbonyl (C=O) groups excluding carboxylic acids is 1. The minimum Gasteiger partial charge on any atom is -0.326 e. The van der Waals surface area contributed by atoms with E-state index in [1.54, 1.807) is 12.1 Å². The van der Waals surface area contributed by atoms with Crippen LogP contribution in [0.2, 0.25) is 0 Å². The van der Waals surface area contributed by atoms with Crippen molar-refractivity contribution in [1.29, 1.82) is 0 Å². The lowest BCUT2D eigenvalue weighted by atomic mass is 10.00. The molecule has 0 atom stereocenters.